The Balaban J connectivity index is 2.70. The van der Waals surface area contributed by atoms with Gasteiger partial charge >= 0.3 is 6.03 Å². The van der Waals surface area contributed by atoms with Gasteiger partial charge in [-0.2, -0.15) is 0 Å². The van der Waals surface area contributed by atoms with Gasteiger partial charge < -0.3 is 10.3 Å². The topological polar surface area (TPSA) is 48.1 Å². The van der Waals surface area contributed by atoms with Gasteiger partial charge in [0, 0.05) is 20.3 Å². The van der Waals surface area contributed by atoms with E-state index in [2.05, 4.69) is 10.3 Å². The predicted octanol–water partition coefficient (Wildman–Crippen LogP) is 0.790. The number of nitrogens with one attached hydrogen (secondary N) is 2. The van der Waals surface area contributed by atoms with E-state index in [9.17, 15) is 4.79 Å². The van der Waals surface area contributed by atoms with Crippen LogP contribution in [0.2, 0.25) is 0 Å². The van der Waals surface area contributed by atoms with Gasteiger partial charge in [0.25, 0.3) is 0 Å². The summed E-state index contributed by atoms with van der Waals surface area (Å²) in [5.74, 6) is 0.782. The average molecular weight is 153 g/mol. The van der Waals surface area contributed by atoms with Crippen LogP contribution in [0.3, 0.4) is 0 Å². The molecule has 1 rings (SSSR count). The Labute approximate surface area is 65.2 Å². The van der Waals surface area contributed by atoms with Crippen molar-refractivity contribution in [3.63, 3.8) is 0 Å². The molecule has 0 unspecified atom stereocenters. The molecule has 0 fully saturated rings. The quantitative estimate of drug-likeness (QED) is 0.615. The minimum absolute atomic E-state index is 0.132. The van der Waals surface area contributed by atoms with Crippen molar-refractivity contribution >= 4 is 11.8 Å². The number of carbonyl (C=O) groups is 1. The largest absolute Gasteiger partial charge is 0.348 e. The second-order valence-electron chi connectivity index (χ2n) is 2.17. The number of nitrogens with zero attached hydrogens (tertiary/aromatic N) is 1. The third-order valence-electron chi connectivity index (χ3n) is 1.46. The molecule has 0 bridgehead atoms. The third-order valence-corrected chi connectivity index (χ3v) is 1.46. The van der Waals surface area contributed by atoms with Crippen molar-refractivity contribution in [2.45, 2.75) is 0 Å². The van der Waals surface area contributed by atoms with Crippen LogP contribution in [0, 0.1) is 0 Å². The first-order valence-electron chi connectivity index (χ1n) is 3.34. The van der Waals surface area contributed by atoms with Gasteiger partial charge in [-0.3, -0.25) is 4.90 Å². The summed E-state index contributed by atoms with van der Waals surface area (Å²) >= 11 is 0. The van der Waals surface area contributed by atoms with Crippen LogP contribution in [0.1, 0.15) is 0 Å². The van der Waals surface area contributed by atoms with Crippen LogP contribution in [-0.4, -0.2) is 25.1 Å². The summed E-state index contributed by atoms with van der Waals surface area (Å²) in [6.45, 7) is 0. The number of amides is 2. The molecule has 0 aliphatic rings. The maximum Gasteiger partial charge on any atom is 0.322 e. The number of hydrogen-bond acceptors (Lipinski definition) is 1. The molecule has 0 aliphatic carbocycles. The van der Waals surface area contributed by atoms with Crippen molar-refractivity contribution in [3.8, 4) is 0 Å². The number of aromatic nitrogens is 1. The van der Waals surface area contributed by atoms with E-state index in [-0.39, 0.29) is 6.03 Å². The van der Waals surface area contributed by atoms with E-state index in [1.165, 1.54) is 4.90 Å². The molecule has 1 heterocycles. The molecule has 60 valence electrons. The van der Waals surface area contributed by atoms with Crippen molar-refractivity contribution < 1.29 is 4.79 Å². The van der Waals surface area contributed by atoms with Crippen LogP contribution < -0.4 is 10.2 Å². The van der Waals surface area contributed by atoms with Crippen molar-refractivity contribution in [2.24, 2.45) is 0 Å². The van der Waals surface area contributed by atoms with Crippen LogP contribution in [-0.2, 0) is 0 Å². The van der Waals surface area contributed by atoms with Gasteiger partial charge in [-0.15, -0.1) is 0 Å². The Morgan fingerprint density at radius 3 is 2.91 bits per heavy atom. The maximum absolute atomic E-state index is 11.0. The SMILES string of the molecule is CNC(=O)N(C)c1ccc[nH]1. The predicted molar refractivity (Wildman–Crippen MR) is 43.7 cm³/mol. The lowest BCUT2D eigenvalue weighted by molar-refractivity contribution is 0.249. The van der Waals surface area contributed by atoms with Crippen molar-refractivity contribution in [1.29, 1.82) is 0 Å². The molecule has 0 spiro atoms. The zero-order valence-electron chi connectivity index (χ0n) is 6.59. The molecule has 0 aliphatic heterocycles. The van der Waals surface area contributed by atoms with E-state index in [4.69, 9.17) is 0 Å². The summed E-state index contributed by atoms with van der Waals surface area (Å²) in [7, 11) is 3.30. The van der Waals surface area contributed by atoms with Crippen molar-refractivity contribution in [1.82, 2.24) is 10.3 Å². The highest BCUT2D eigenvalue weighted by atomic mass is 16.2. The lowest BCUT2D eigenvalue weighted by atomic mass is 10.5. The molecule has 0 saturated carbocycles. The lowest BCUT2D eigenvalue weighted by Crippen LogP contribution is -2.34. The van der Waals surface area contributed by atoms with E-state index >= 15 is 0 Å². The van der Waals surface area contributed by atoms with E-state index in [1.807, 2.05) is 12.1 Å². The zero-order valence-corrected chi connectivity index (χ0v) is 6.59. The highest BCUT2D eigenvalue weighted by Gasteiger charge is 2.07. The average Bonchev–Trinajstić information content (AvgIpc) is 2.53. The van der Waals surface area contributed by atoms with Crippen LogP contribution in [0.15, 0.2) is 18.3 Å². The second-order valence-corrected chi connectivity index (χ2v) is 2.17. The lowest BCUT2D eigenvalue weighted by Gasteiger charge is -2.13. The number of hydrogen-bond donors (Lipinski definition) is 2. The fourth-order valence-corrected chi connectivity index (χ4v) is 0.807. The maximum atomic E-state index is 11.0. The Morgan fingerprint density at radius 2 is 2.45 bits per heavy atom. The molecule has 0 aromatic carbocycles. The normalized spacial score (nSPS) is 9.27. The molecule has 4 heteroatoms. The number of rotatable bonds is 1. The first-order valence-corrected chi connectivity index (χ1v) is 3.34. The number of urea groups is 1. The van der Waals surface area contributed by atoms with E-state index < -0.39 is 0 Å². The van der Waals surface area contributed by atoms with Crippen molar-refractivity contribution in [2.75, 3.05) is 19.0 Å². The number of anilines is 1. The zero-order chi connectivity index (χ0) is 8.27. The first kappa shape index (κ1) is 7.65. The standard InChI is InChI=1S/C7H11N3O/c1-8-7(11)10(2)6-4-3-5-9-6/h3-5,9H,1-2H3,(H,8,11). The minimum atomic E-state index is -0.132. The summed E-state index contributed by atoms with van der Waals surface area (Å²) in [6.07, 6.45) is 1.77. The van der Waals surface area contributed by atoms with Gasteiger partial charge in [-0.05, 0) is 12.1 Å². The Morgan fingerprint density at radius 1 is 1.73 bits per heavy atom. The Kier molecular flexibility index (Phi) is 2.15. The van der Waals surface area contributed by atoms with Crippen molar-refractivity contribution in [3.05, 3.63) is 18.3 Å². The second kappa shape index (κ2) is 3.09. The summed E-state index contributed by atoms with van der Waals surface area (Å²) in [5, 5.41) is 2.52. The minimum Gasteiger partial charge on any atom is -0.348 e. The fourth-order valence-electron chi connectivity index (χ4n) is 0.807. The molecule has 4 nitrogen and oxygen atoms in total. The smallest absolute Gasteiger partial charge is 0.322 e. The summed E-state index contributed by atoms with van der Waals surface area (Å²) in [5.41, 5.74) is 0. The molecule has 2 N–H and O–H groups in total. The van der Waals surface area contributed by atoms with E-state index in [0.29, 0.717) is 0 Å². The van der Waals surface area contributed by atoms with Crippen LogP contribution >= 0.6 is 0 Å². The van der Waals surface area contributed by atoms with Gasteiger partial charge in [-0.25, -0.2) is 4.79 Å². The molecule has 11 heavy (non-hydrogen) atoms. The highest BCUT2D eigenvalue weighted by Crippen LogP contribution is 2.06. The van der Waals surface area contributed by atoms with Gasteiger partial charge in [0.1, 0.15) is 5.82 Å². The van der Waals surface area contributed by atoms with Gasteiger partial charge in [0.15, 0.2) is 0 Å². The van der Waals surface area contributed by atoms with Crippen LogP contribution in [0.5, 0.6) is 0 Å². The molecule has 0 atom stereocenters. The van der Waals surface area contributed by atoms with Crippen LogP contribution in [0.25, 0.3) is 0 Å². The molecule has 1 aromatic rings. The molecule has 1 aromatic heterocycles. The Bertz CT molecular complexity index is 230. The molecule has 0 radical (unpaired) electrons. The molecule has 2 amide bonds. The monoisotopic (exact) mass is 153 g/mol. The number of H-pyrrole nitrogens is 1. The van der Waals surface area contributed by atoms with Gasteiger partial charge in [0.2, 0.25) is 0 Å². The molecular weight excluding hydrogens is 142 g/mol. The highest BCUT2D eigenvalue weighted by molar-refractivity contribution is 5.90. The summed E-state index contributed by atoms with van der Waals surface area (Å²) < 4.78 is 0. The fraction of sp³-hybridized carbons (Fsp3) is 0.286. The number of carbonyl (C=O) groups excluding carboxylic acids is 1. The third kappa shape index (κ3) is 1.52. The first-order chi connectivity index (χ1) is 5.25. The molecular formula is C7H11N3O. The molecule has 0 saturated heterocycles. The van der Waals surface area contributed by atoms with E-state index in [1.54, 1.807) is 20.3 Å². The summed E-state index contributed by atoms with van der Waals surface area (Å²) in [4.78, 5) is 15.4. The van der Waals surface area contributed by atoms with Crippen LogP contribution in [0.4, 0.5) is 10.6 Å². The number of aromatic amines is 1. The van der Waals surface area contributed by atoms with E-state index in [0.717, 1.165) is 5.82 Å². The summed E-state index contributed by atoms with van der Waals surface area (Å²) in [6, 6.07) is 3.54. The van der Waals surface area contributed by atoms with Gasteiger partial charge in [0.05, 0.1) is 0 Å². The van der Waals surface area contributed by atoms with Gasteiger partial charge in [-0.1, -0.05) is 0 Å². The Hall–Kier alpha value is -1.45.